The summed E-state index contributed by atoms with van der Waals surface area (Å²) >= 11 is 0. The topological polar surface area (TPSA) is 38.7 Å². The molecule has 2 aromatic carbocycles. The van der Waals surface area contributed by atoms with Gasteiger partial charge in [0.1, 0.15) is 0 Å². The molecule has 0 aliphatic carbocycles. The molecule has 3 aromatic heterocycles. The molecular weight excluding hydrogens is 330 g/mol. The fourth-order valence-electron chi connectivity index (χ4n) is 3.31. The lowest BCUT2D eigenvalue weighted by Crippen LogP contribution is -1.88. The number of para-hydroxylation sites is 1. The number of nitrogens with zero attached hydrogens (tertiary/aromatic N) is 3. The Kier molecular flexibility index (Phi) is 3.65. The third-order valence-electron chi connectivity index (χ3n) is 4.82. The van der Waals surface area contributed by atoms with Crippen LogP contribution in [0.5, 0.6) is 0 Å². The number of fused-ring (bicyclic) bond motifs is 2. The van der Waals surface area contributed by atoms with E-state index >= 15 is 0 Å². The maximum absolute atomic E-state index is 4.80. The predicted molar refractivity (Wildman–Crippen MR) is 110 cm³/mol. The van der Waals surface area contributed by atoms with Gasteiger partial charge in [-0.1, -0.05) is 30.3 Å². The summed E-state index contributed by atoms with van der Waals surface area (Å²) in [5.41, 5.74) is 7.23. The second-order valence-corrected chi connectivity index (χ2v) is 6.71. The molecule has 0 atom stereocenters. The molecule has 0 aliphatic heterocycles. The highest BCUT2D eigenvalue weighted by Crippen LogP contribution is 2.27. The predicted octanol–water partition coefficient (Wildman–Crippen LogP) is 5.82. The number of aryl methyl sites for hydroxylation is 1. The van der Waals surface area contributed by atoms with Gasteiger partial charge in [0.05, 0.1) is 16.7 Å². The van der Waals surface area contributed by atoms with E-state index in [1.54, 1.807) is 0 Å². The van der Waals surface area contributed by atoms with Gasteiger partial charge in [-0.3, -0.25) is 9.97 Å². The first-order valence-electron chi connectivity index (χ1n) is 8.95. The van der Waals surface area contributed by atoms with Crippen LogP contribution < -0.4 is 0 Å². The van der Waals surface area contributed by atoms with Crippen molar-refractivity contribution < 1.29 is 0 Å². The Hall–Kier alpha value is -3.59. The highest BCUT2D eigenvalue weighted by molar-refractivity contribution is 5.89. The summed E-state index contributed by atoms with van der Waals surface area (Å²) in [5, 5.41) is 2.26. The molecule has 3 nitrogen and oxygen atoms in total. The molecule has 0 saturated heterocycles. The molecule has 0 spiro atoms. The van der Waals surface area contributed by atoms with Gasteiger partial charge in [-0.25, -0.2) is 4.98 Å². The lowest BCUT2D eigenvalue weighted by Gasteiger charge is -2.07. The normalized spacial score (nSPS) is 11.1. The second kappa shape index (κ2) is 6.29. The first kappa shape index (κ1) is 15.6. The van der Waals surface area contributed by atoms with Crippen molar-refractivity contribution in [3.8, 4) is 22.4 Å². The summed E-state index contributed by atoms with van der Waals surface area (Å²) in [6.45, 7) is 1.99. The van der Waals surface area contributed by atoms with Gasteiger partial charge >= 0.3 is 0 Å². The van der Waals surface area contributed by atoms with Gasteiger partial charge in [0, 0.05) is 40.0 Å². The lowest BCUT2D eigenvalue weighted by atomic mass is 10.0. The van der Waals surface area contributed by atoms with Crippen LogP contribution in [-0.4, -0.2) is 15.0 Å². The Labute approximate surface area is 157 Å². The zero-order chi connectivity index (χ0) is 18.2. The third-order valence-corrected chi connectivity index (χ3v) is 4.82. The van der Waals surface area contributed by atoms with Crippen molar-refractivity contribution in [2.24, 2.45) is 0 Å². The van der Waals surface area contributed by atoms with Crippen LogP contribution in [0.15, 0.2) is 85.2 Å². The third kappa shape index (κ3) is 2.93. The van der Waals surface area contributed by atoms with Crippen LogP contribution >= 0.6 is 0 Å². The van der Waals surface area contributed by atoms with E-state index < -0.39 is 0 Å². The SMILES string of the molecule is Cc1ccc(-c2ccc3cc(-c4cnc5ccccc5c4)ccc3n2)cn1. The van der Waals surface area contributed by atoms with Gasteiger partial charge in [-0.05, 0) is 55.0 Å². The number of aromatic nitrogens is 3. The molecule has 5 rings (SSSR count). The lowest BCUT2D eigenvalue weighted by molar-refractivity contribution is 1.20. The van der Waals surface area contributed by atoms with E-state index in [1.165, 1.54) is 0 Å². The smallest absolute Gasteiger partial charge is 0.0725 e. The Balaban J connectivity index is 1.56. The van der Waals surface area contributed by atoms with Crippen molar-refractivity contribution in [1.29, 1.82) is 0 Å². The number of pyridine rings is 3. The van der Waals surface area contributed by atoms with Crippen molar-refractivity contribution in [3.63, 3.8) is 0 Å². The van der Waals surface area contributed by atoms with Crippen LogP contribution in [0.1, 0.15) is 5.69 Å². The molecule has 0 radical (unpaired) electrons. The Morgan fingerprint density at radius 1 is 0.593 bits per heavy atom. The molecule has 0 N–H and O–H groups in total. The van der Waals surface area contributed by atoms with Gasteiger partial charge in [0.25, 0.3) is 0 Å². The quantitative estimate of drug-likeness (QED) is 0.404. The van der Waals surface area contributed by atoms with E-state index in [2.05, 4.69) is 58.5 Å². The number of rotatable bonds is 2. The molecule has 0 amide bonds. The summed E-state index contributed by atoms with van der Waals surface area (Å²) in [4.78, 5) is 13.7. The summed E-state index contributed by atoms with van der Waals surface area (Å²) < 4.78 is 0. The molecular formula is C24H17N3. The molecule has 0 bridgehead atoms. The maximum Gasteiger partial charge on any atom is 0.0725 e. The van der Waals surface area contributed by atoms with Crippen LogP contribution in [0.25, 0.3) is 44.2 Å². The Morgan fingerprint density at radius 3 is 2.26 bits per heavy atom. The fourth-order valence-corrected chi connectivity index (χ4v) is 3.31. The van der Waals surface area contributed by atoms with E-state index in [9.17, 15) is 0 Å². The Bertz CT molecular complexity index is 1270. The minimum atomic E-state index is 0.940. The van der Waals surface area contributed by atoms with Crippen molar-refractivity contribution >= 4 is 21.8 Å². The summed E-state index contributed by atoms with van der Waals surface area (Å²) in [6.07, 6.45) is 3.81. The van der Waals surface area contributed by atoms with E-state index in [-0.39, 0.29) is 0 Å². The zero-order valence-corrected chi connectivity index (χ0v) is 14.9. The maximum atomic E-state index is 4.80. The standard InChI is InChI=1S/C24H17N3/c1-16-6-7-20(14-25-16)24-11-9-19-12-17(8-10-23(19)27-24)21-13-18-4-2-3-5-22(18)26-15-21/h2-15H,1H3. The van der Waals surface area contributed by atoms with Gasteiger partial charge in [-0.15, -0.1) is 0 Å². The van der Waals surface area contributed by atoms with Gasteiger partial charge in [0.15, 0.2) is 0 Å². The summed E-state index contributed by atoms with van der Waals surface area (Å²) in [6, 6.07) is 25.0. The van der Waals surface area contributed by atoms with Crippen LogP contribution in [-0.2, 0) is 0 Å². The van der Waals surface area contributed by atoms with Crippen molar-refractivity contribution in [2.45, 2.75) is 6.92 Å². The van der Waals surface area contributed by atoms with Gasteiger partial charge in [-0.2, -0.15) is 0 Å². The van der Waals surface area contributed by atoms with Gasteiger partial charge in [0.2, 0.25) is 0 Å². The van der Waals surface area contributed by atoms with Crippen LogP contribution in [0.2, 0.25) is 0 Å². The van der Waals surface area contributed by atoms with Crippen LogP contribution in [0.4, 0.5) is 0 Å². The Morgan fingerprint density at radius 2 is 1.37 bits per heavy atom. The van der Waals surface area contributed by atoms with Crippen molar-refractivity contribution in [3.05, 3.63) is 90.9 Å². The first-order chi connectivity index (χ1) is 13.3. The minimum Gasteiger partial charge on any atom is -0.261 e. The molecule has 0 saturated carbocycles. The molecule has 5 aromatic rings. The highest BCUT2D eigenvalue weighted by atomic mass is 14.7. The minimum absolute atomic E-state index is 0.940. The fraction of sp³-hybridized carbons (Fsp3) is 0.0417. The van der Waals surface area contributed by atoms with Crippen molar-refractivity contribution in [2.75, 3.05) is 0 Å². The summed E-state index contributed by atoms with van der Waals surface area (Å²) in [5.74, 6) is 0. The molecule has 0 fully saturated rings. The largest absolute Gasteiger partial charge is 0.261 e. The first-order valence-corrected chi connectivity index (χ1v) is 8.95. The van der Waals surface area contributed by atoms with Gasteiger partial charge < -0.3 is 0 Å². The van der Waals surface area contributed by atoms with E-state index in [0.29, 0.717) is 0 Å². The molecule has 128 valence electrons. The number of hydrogen-bond donors (Lipinski definition) is 0. The molecule has 0 aliphatic rings. The van der Waals surface area contributed by atoms with E-state index in [0.717, 1.165) is 49.9 Å². The van der Waals surface area contributed by atoms with E-state index in [4.69, 9.17) is 4.98 Å². The number of benzene rings is 2. The number of hydrogen-bond acceptors (Lipinski definition) is 3. The second-order valence-electron chi connectivity index (χ2n) is 6.71. The van der Waals surface area contributed by atoms with Crippen molar-refractivity contribution in [1.82, 2.24) is 15.0 Å². The molecule has 3 heteroatoms. The zero-order valence-electron chi connectivity index (χ0n) is 14.9. The molecule has 0 unspecified atom stereocenters. The molecule has 27 heavy (non-hydrogen) atoms. The monoisotopic (exact) mass is 347 g/mol. The highest BCUT2D eigenvalue weighted by Gasteiger charge is 2.05. The average Bonchev–Trinajstić information content (AvgIpc) is 2.73. The van der Waals surface area contributed by atoms with Crippen LogP contribution in [0, 0.1) is 6.92 Å². The van der Waals surface area contributed by atoms with Crippen LogP contribution in [0.3, 0.4) is 0 Å². The molecule has 3 heterocycles. The van der Waals surface area contributed by atoms with E-state index in [1.807, 2.05) is 43.6 Å². The summed E-state index contributed by atoms with van der Waals surface area (Å²) in [7, 11) is 0. The average molecular weight is 347 g/mol.